The number of hydrogen-bond acceptors (Lipinski definition) is 0. The van der Waals surface area contributed by atoms with Gasteiger partial charge in [-0.05, 0) is 23.0 Å². The third kappa shape index (κ3) is 1.64. The van der Waals surface area contributed by atoms with Gasteiger partial charge in [-0.3, -0.25) is 0 Å². The molecule has 0 radical (unpaired) electrons. The summed E-state index contributed by atoms with van der Waals surface area (Å²) in [4.78, 5) is 0. The van der Waals surface area contributed by atoms with Gasteiger partial charge in [0.05, 0.1) is 5.52 Å². The summed E-state index contributed by atoms with van der Waals surface area (Å²) in [5, 5.41) is 1.42. The van der Waals surface area contributed by atoms with Crippen molar-refractivity contribution in [2.45, 2.75) is 39.5 Å². The largest absolute Gasteiger partial charge is 0.350 e. The molecule has 0 N–H and O–H groups in total. The predicted molar refractivity (Wildman–Crippen MR) is 71.1 cm³/mol. The van der Waals surface area contributed by atoms with E-state index in [0.29, 0.717) is 11.8 Å². The van der Waals surface area contributed by atoms with E-state index in [2.05, 4.69) is 63.7 Å². The molecule has 0 saturated carbocycles. The second kappa shape index (κ2) is 3.97. The van der Waals surface area contributed by atoms with Crippen molar-refractivity contribution in [3.8, 4) is 0 Å². The van der Waals surface area contributed by atoms with Gasteiger partial charge in [0, 0.05) is 18.6 Å². The predicted octanol–water partition coefficient (Wildman–Crippen LogP) is 4.43. The van der Waals surface area contributed by atoms with E-state index in [4.69, 9.17) is 0 Å². The van der Waals surface area contributed by atoms with Crippen LogP contribution in [0.4, 0.5) is 0 Å². The van der Waals surface area contributed by atoms with Crippen LogP contribution in [0.1, 0.15) is 50.7 Å². The summed E-state index contributed by atoms with van der Waals surface area (Å²) in [6.45, 7) is 9.04. The summed E-state index contributed by atoms with van der Waals surface area (Å²) in [5.74, 6) is 1.17. The zero-order valence-corrected chi connectivity index (χ0v) is 10.9. The molecule has 0 fully saturated rings. The Kier molecular flexibility index (Phi) is 2.79. The quantitative estimate of drug-likeness (QED) is 0.698. The lowest BCUT2D eigenvalue weighted by Gasteiger charge is -2.09. The van der Waals surface area contributed by atoms with Crippen molar-refractivity contribution in [3.05, 3.63) is 35.5 Å². The highest BCUT2D eigenvalue weighted by Crippen LogP contribution is 2.31. The Bertz CT molecular complexity index is 503. The molecule has 0 unspecified atom stereocenters. The highest BCUT2D eigenvalue weighted by Gasteiger charge is 2.13. The van der Waals surface area contributed by atoms with Gasteiger partial charge in [0.15, 0.2) is 0 Å². The molecule has 1 nitrogen and oxygen atoms in total. The Balaban J connectivity index is 2.79. The molecule has 0 aliphatic heterocycles. The highest BCUT2D eigenvalue weighted by molar-refractivity contribution is 5.87. The number of aryl methyl sites for hydroxylation is 1. The standard InChI is InChI=1S/C15H21N/c1-10(2)12-7-6-8-13-14(11(3)4)9-16(5)15(12)13/h6-11H,1-5H3. The number of benzene rings is 1. The monoisotopic (exact) mass is 215 g/mol. The molecule has 0 aliphatic rings. The molecule has 86 valence electrons. The van der Waals surface area contributed by atoms with Gasteiger partial charge in [0.25, 0.3) is 0 Å². The molecular weight excluding hydrogens is 194 g/mol. The molecular formula is C15H21N. The van der Waals surface area contributed by atoms with Gasteiger partial charge >= 0.3 is 0 Å². The van der Waals surface area contributed by atoms with Crippen molar-refractivity contribution in [3.63, 3.8) is 0 Å². The van der Waals surface area contributed by atoms with Crippen molar-refractivity contribution in [1.82, 2.24) is 4.57 Å². The minimum absolute atomic E-state index is 0.581. The molecule has 0 atom stereocenters. The summed E-state index contributed by atoms with van der Waals surface area (Å²) in [5.41, 5.74) is 4.31. The maximum Gasteiger partial charge on any atom is 0.0515 e. The van der Waals surface area contributed by atoms with Gasteiger partial charge in [0.2, 0.25) is 0 Å². The molecule has 1 aromatic heterocycles. The van der Waals surface area contributed by atoms with E-state index < -0.39 is 0 Å². The smallest absolute Gasteiger partial charge is 0.0515 e. The van der Waals surface area contributed by atoms with Crippen LogP contribution >= 0.6 is 0 Å². The zero-order valence-electron chi connectivity index (χ0n) is 10.9. The van der Waals surface area contributed by atoms with Crippen LogP contribution in [0.5, 0.6) is 0 Å². The fourth-order valence-corrected chi connectivity index (χ4v) is 2.46. The number of fused-ring (bicyclic) bond motifs is 1. The minimum Gasteiger partial charge on any atom is -0.350 e. The van der Waals surface area contributed by atoms with Crippen LogP contribution in [0.2, 0.25) is 0 Å². The lowest BCUT2D eigenvalue weighted by Crippen LogP contribution is -1.93. The summed E-state index contributed by atoms with van der Waals surface area (Å²) < 4.78 is 2.28. The molecule has 1 heterocycles. The third-order valence-corrected chi connectivity index (χ3v) is 3.31. The van der Waals surface area contributed by atoms with E-state index in [-0.39, 0.29) is 0 Å². The summed E-state index contributed by atoms with van der Waals surface area (Å²) >= 11 is 0. The zero-order chi connectivity index (χ0) is 11.9. The summed E-state index contributed by atoms with van der Waals surface area (Å²) in [6, 6.07) is 6.68. The highest BCUT2D eigenvalue weighted by atomic mass is 14.9. The Labute approximate surface area is 98.1 Å². The van der Waals surface area contributed by atoms with Gasteiger partial charge in [-0.1, -0.05) is 45.9 Å². The SMILES string of the molecule is CC(C)c1cn(C)c2c(C(C)C)cccc12. The topological polar surface area (TPSA) is 4.93 Å². The Hall–Kier alpha value is -1.24. The van der Waals surface area contributed by atoms with Gasteiger partial charge < -0.3 is 4.57 Å². The van der Waals surface area contributed by atoms with Crippen LogP contribution in [0.15, 0.2) is 24.4 Å². The molecule has 0 saturated heterocycles. The summed E-state index contributed by atoms with van der Waals surface area (Å²) in [7, 11) is 2.15. The van der Waals surface area contributed by atoms with Gasteiger partial charge in [-0.25, -0.2) is 0 Å². The molecule has 0 aliphatic carbocycles. The van der Waals surface area contributed by atoms with Crippen molar-refractivity contribution in [2.75, 3.05) is 0 Å². The maximum absolute atomic E-state index is 2.28. The maximum atomic E-state index is 2.28. The second-order valence-corrected chi connectivity index (χ2v) is 5.25. The van der Waals surface area contributed by atoms with Crippen molar-refractivity contribution in [2.24, 2.45) is 7.05 Å². The van der Waals surface area contributed by atoms with Crippen LogP contribution in [0, 0.1) is 0 Å². The second-order valence-electron chi connectivity index (χ2n) is 5.25. The van der Waals surface area contributed by atoms with Crippen molar-refractivity contribution >= 4 is 10.9 Å². The molecule has 0 bridgehead atoms. The fourth-order valence-electron chi connectivity index (χ4n) is 2.46. The van der Waals surface area contributed by atoms with E-state index in [1.54, 1.807) is 0 Å². The molecule has 0 amide bonds. The molecule has 2 aromatic rings. The third-order valence-electron chi connectivity index (χ3n) is 3.31. The number of rotatable bonds is 2. The van der Waals surface area contributed by atoms with Crippen molar-refractivity contribution < 1.29 is 0 Å². The van der Waals surface area contributed by atoms with E-state index >= 15 is 0 Å². The fraction of sp³-hybridized carbons (Fsp3) is 0.467. The summed E-state index contributed by atoms with van der Waals surface area (Å²) in [6.07, 6.45) is 2.28. The molecule has 1 aromatic carbocycles. The average Bonchev–Trinajstić information content (AvgIpc) is 2.56. The van der Waals surface area contributed by atoms with E-state index in [0.717, 1.165) is 0 Å². The van der Waals surface area contributed by atoms with Gasteiger partial charge in [0.1, 0.15) is 0 Å². The molecule has 16 heavy (non-hydrogen) atoms. The van der Waals surface area contributed by atoms with Crippen LogP contribution in [0.25, 0.3) is 10.9 Å². The van der Waals surface area contributed by atoms with Crippen LogP contribution < -0.4 is 0 Å². The number of nitrogens with zero attached hydrogens (tertiary/aromatic N) is 1. The minimum atomic E-state index is 0.581. The molecule has 0 spiro atoms. The van der Waals surface area contributed by atoms with Gasteiger partial charge in [-0.15, -0.1) is 0 Å². The van der Waals surface area contributed by atoms with Crippen LogP contribution in [0.3, 0.4) is 0 Å². The van der Waals surface area contributed by atoms with E-state index in [9.17, 15) is 0 Å². The average molecular weight is 215 g/mol. The van der Waals surface area contributed by atoms with Crippen LogP contribution in [-0.4, -0.2) is 4.57 Å². The first-order valence-electron chi connectivity index (χ1n) is 6.10. The lowest BCUT2D eigenvalue weighted by molar-refractivity contribution is 0.845. The first-order valence-corrected chi connectivity index (χ1v) is 6.10. The van der Waals surface area contributed by atoms with E-state index in [1.807, 2.05) is 0 Å². The normalized spacial score (nSPS) is 11.9. The van der Waals surface area contributed by atoms with Crippen molar-refractivity contribution in [1.29, 1.82) is 0 Å². The Morgan fingerprint density at radius 3 is 2.12 bits per heavy atom. The van der Waals surface area contributed by atoms with Crippen LogP contribution in [-0.2, 0) is 7.05 Å². The van der Waals surface area contributed by atoms with Gasteiger partial charge in [-0.2, -0.15) is 0 Å². The Morgan fingerprint density at radius 2 is 1.56 bits per heavy atom. The Morgan fingerprint density at radius 1 is 0.938 bits per heavy atom. The number of para-hydroxylation sites is 1. The first kappa shape index (κ1) is 11.3. The number of aromatic nitrogens is 1. The lowest BCUT2D eigenvalue weighted by atomic mass is 9.97. The first-order chi connectivity index (χ1) is 7.52. The van der Waals surface area contributed by atoms with E-state index in [1.165, 1.54) is 22.0 Å². The molecule has 1 heteroatoms. The number of hydrogen-bond donors (Lipinski definition) is 0. The molecule has 2 rings (SSSR count).